The van der Waals surface area contributed by atoms with Crippen molar-refractivity contribution in [2.24, 2.45) is 11.8 Å². The minimum absolute atomic E-state index is 0.00860. The number of hydrogen-bond acceptors (Lipinski definition) is 4. The predicted molar refractivity (Wildman–Crippen MR) is 94.0 cm³/mol. The lowest BCUT2D eigenvalue weighted by Gasteiger charge is -2.22. The molecule has 0 spiro atoms. The monoisotopic (exact) mass is 330 g/mol. The fourth-order valence-electron chi connectivity index (χ4n) is 3.18. The summed E-state index contributed by atoms with van der Waals surface area (Å²) in [6, 6.07) is 7.89. The highest BCUT2D eigenvalue weighted by Gasteiger charge is 2.40. The highest BCUT2D eigenvalue weighted by atomic mass is 16.5. The Balaban J connectivity index is 1.46. The zero-order valence-electron chi connectivity index (χ0n) is 14.3. The van der Waals surface area contributed by atoms with E-state index >= 15 is 0 Å². The van der Waals surface area contributed by atoms with Gasteiger partial charge >= 0.3 is 5.97 Å². The standard InChI is InChI=1S/C19H26N2O3/c1-14-12-17(14)19(23)24-13-18(22)20-15-6-8-16(9-7-15)21-10-4-2-3-5-11-21/h6-9,14,17H,2-5,10-13H2,1H3,(H,20,22)/t14-,17-/m1/s1. The maximum Gasteiger partial charge on any atom is 0.309 e. The third kappa shape index (κ3) is 4.49. The van der Waals surface area contributed by atoms with Gasteiger partial charge in [-0.2, -0.15) is 0 Å². The van der Waals surface area contributed by atoms with Crippen molar-refractivity contribution in [3.8, 4) is 0 Å². The van der Waals surface area contributed by atoms with Crippen molar-refractivity contribution in [3.05, 3.63) is 24.3 Å². The second-order valence-corrected chi connectivity index (χ2v) is 6.92. The van der Waals surface area contributed by atoms with Crippen LogP contribution in [0.5, 0.6) is 0 Å². The molecule has 1 aromatic carbocycles. The van der Waals surface area contributed by atoms with Gasteiger partial charge in [-0.25, -0.2) is 0 Å². The van der Waals surface area contributed by atoms with E-state index < -0.39 is 0 Å². The molecule has 0 bridgehead atoms. The first kappa shape index (κ1) is 16.8. The molecule has 5 heteroatoms. The summed E-state index contributed by atoms with van der Waals surface area (Å²) >= 11 is 0. The number of hydrogen-bond donors (Lipinski definition) is 1. The van der Waals surface area contributed by atoms with Gasteiger partial charge in [-0.3, -0.25) is 9.59 Å². The second kappa shape index (κ2) is 7.69. The summed E-state index contributed by atoms with van der Waals surface area (Å²) in [7, 11) is 0. The van der Waals surface area contributed by atoms with E-state index in [0.717, 1.165) is 25.2 Å². The van der Waals surface area contributed by atoms with E-state index in [-0.39, 0.29) is 24.4 Å². The van der Waals surface area contributed by atoms with Crippen molar-refractivity contribution in [2.75, 3.05) is 29.9 Å². The molecule has 1 saturated heterocycles. The number of carbonyl (C=O) groups is 2. The number of amides is 1. The van der Waals surface area contributed by atoms with Gasteiger partial charge in [-0.05, 0) is 49.4 Å². The first-order valence-electron chi connectivity index (χ1n) is 8.95. The van der Waals surface area contributed by atoms with E-state index in [9.17, 15) is 9.59 Å². The molecule has 1 saturated carbocycles. The number of ether oxygens (including phenoxy) is 1. The Morgan fingerprint density at radius 3 is 2.33 bits per heavy atom. The maximum absolute atomic E-state index is 11.9. The van der Waals surface area contributed by atoms with E-state index in [2.05, 4.69) is 10.2 Å². The fourth-order valence-corrected chi connectivity index (χ4v) is 3.18. The van der Waals surface area contributed by atoms with Gasteiger partial charge in [0.25, 0.3) is 5.91 Å². The van der Waals surface area contributed by atoms with Crippen molar-refractivity contribution in [2.45, 2.75) is 39.0 Å². The molecule has 1 aliphatic carbocycles. The van der Waals surface area contributed by atoms with Crippen LogP contribution in [0.15, 0.2) is 24.3 Å². The SMILES string of the molecule is C[C@@H]1C[C@H]1C(=O)OCC(=O)Nc1ccc(N2CCCCCC2)cc1. The largest absolute Gasteiger partial charge is 0.455 e. The summed E-state index contributed by atoms with van der Waals surface area (Å²) < 4.78 is 5.04. The molecule has 1 N–H and O–H groups in total. The number of rotatable bonds is 5. The van der Waals surface area contributed by atoms with Crippen LogP contribution in [-0.2, 0) is 14.3 Å². The number of nitrogens with one attached hydrogen (secondary N) is 1. The van der Waals surface area contributed by atoms with Crippen LogP contribution in [0, 0.1) is 11.8 Å². The molecule has 5 nitrogen and oxygen atoms in total. The summed E-state index contributed by atoms with van der Waals surface area (Å²) in [6.07, 6.45) is 5.97. The van der Waals surface area contributed by atoms with Gasteiger partial charge in [0.05, 0.1) is 5.92 Å². The third-order valence-corrected chi connectivity index (χ3v) is 4.88. The van der Waals surface area contributed by atoms with Crippen LogP contribution in [0.25, 0.3) is 0 Å². The second-order valence-electron chi connectivity index (χ2n) is 6.92. The molecule has 1 heterocycles. The molecule has 24 heavy (non-hydrogen) atoms. The first-order valence-corrected chi connectivity index (χ1v) is 8.95. The Labute approximate surface area is 143 Å². The van der Waals surface area contributed by atoms with Crippen molar-refractivity contribution >= 4 is 23.3 Å². The molecule has 1 aromatic rings. The summed E-state index contributed by atoms with van der Waals surface area (Å²) in [6.45, 7) is 4.00. The number of anilines is 2. The zero-order valence-corrected chi connectivity index (χ0v) is 14.3. The molecular formula is C19H26N2O3. The van der Waals surface area contributed by atoms with Crippen LogP contribution in [-0.4, -0.2) is 31.6 Å². The number of benzene rings is 1. The van der Waals surface area contributed by atoms with Crippen LogP contribution in [0.2, 0.25) is 0 Å². The van der Waals surface area contributed by atoms with Crippen LogP contribution in [0.4, 0.5) is 11.4 Å². The summed E-state index contributed by atoms with van der Waals surface area (Å²) in [5, 5.41) is 2.78. The van der Waals surface area contributed by atoms with Gasteiger partial charge in [0.15, 0.2) is 6.61 Å². The highest BCUT2D eigenvalue weighted by molar-refractivity contribution is 5.93. The first-order chi connectivity index (χ1) is 11.6. The smallest absolute Gasteiger partial charge is 0.309 e. The van der Waals surface area contributed by atoms with Crippen molar-refractivity contribution in [3.63, 3.8) is 0 Å². The van der Waals surface area contributed by atoms with Gasteiger partial charge in [0.1, 0.15) is 0 Å². The molecule has 2 aliphatic rings. The summed E-state index contributed by atoms with van der Waals surface area (Å²) in [5.74, 6) is -0.161. The Hall–Kier alpha value is -2.04. The Morgan fingerprint density at radius 1 is 1.12 bits per heavy atom. The Bertz CT molecular complexity index is 577. The number of esters is 1. The number of carbonyl (C=O) groups excluding carboxylic acids is 2. The van der Waals surface area contributed by atoms with Crippen molar-refractivity contribution in [1.29, 1.82) is 0 Å². The lowest BCUT2D eigenvalue weighted by molar-refractivity contribution is -0.148. The molecule has 3 rings (SSSR count). The van der Waals surface area contributed by atoms with Crippen LogP contribution in [0.3, 0.4) is 0 Å². The molecule has 0 radical (unpaired) electrons. The van der Waals surface area contributed by atoms with Crippen LogP contribution >= 0.6 is 0 Å². The molecule has 0 aromatic heterocycles. The topological polar surface area (TPSA) is 58.6 Å². The van der Waals surface area contributed by atoms with Crippen molar-refractivity contribution in [1.82, 2.24) is 0 Å². The molecule has 2 atom stereocenters. The minimum atomic E-state index is -0.292. The Morgan fingerprint density at radius 2 is 1.75 bits per heavy atom. The molecule has 2 fully saturated rings. The fraction of sp³-hybridized carbons (Fsp3) is 0.579. The van der Waals surface area contributed by atoms with Crippen LogP contribution in [0.1, 0.15) is 39.0 Å². The molecule has 1 amide bonds. The van der Waals surface area contributed by atoms with E-state index in [1.54, 1.807) is 0 Å². The number of nitrogens with zero attached hydrogens (tertiary/aromatic N) is 1. The molecule has 1 aliphatic heterocycles. The molecule has 130 valence electrons. The van der Waals surface area contributed by atoms with E-state index in [0.29, 0.717) is 5.92 Å². The average molecular weight is 330 g/mol. The highest BCUT2D eigenvalue weighted by Crippen LogP contribution is 2.38. The minimum Gasteiger partial charge on any atom is -0.455 e. The average Bonchev–Trinajstić information content (AvgIpc) is 3.36. The normalized spacial score (nSPS) is 23.3. The van der Waals surface area contributed by atoms with Gasteiger partial charge < -0.3 is 15.0 Å². The van der Waals surface area contributed by atoms with Crippen molar-refractivity contribution < 1.29 is 14.3 Å². The van der Waals surface area contributed by atoms with Gasteiger partial charge in [0, 0.05) is 24.5 Å². The molecule has 0 unspecified atom stereocenters. The van der Waals surface area contributed by atoms with E-state index in [4.69, 9.17) is 4.74 Å². The third-order valence-electron chi connectivity index (χ3n) is 4.88. The molecular weight excluding hydrogens is 304 g/mol. The van der Waals surface area contributed by atoms with Crippen LogP contribution < -0.4 is 10.2 Å². The van der Waals surface area contributed by atoms with Gasteiger partial charge in [-0.1, -0.05) is 19.8 Å². The maximum atomic E-state index is 11.9. The van der Waals surface area contributed by atoms with E-state index in [1.807, 2.05) is 31.2 Å². The Kier molecular flexibility index (Phi) is 5.38. The van der Waals surface area contributed by atoms with Gasteiger partial charge in [-0.15, -0.1) is 0 Å². The lowest BCUT2D eigenvalue weighted by atomic mass is 10.2. The van der Waals surface area contributed by atoms with Gasteiger partial charge in [0.2, 0.25) is 0 Å². The predicted octanol–water partition coefficient (Wildman–Crippen LogP) is 3.20. The quantitative estimate of drug-likeness (QED) is 0.842. The van der Waals surface area contributed by atoms with E-state index in [1.165, 1.54) is 31.4 Å². The summed E-state index contributed by atoms with van der Waals surface area (Å²) in [4.78, 5) is 25.9. The summed E-state index contributed by atoms with van der Waals surface area (Å²) in [5.41, 5.74) is 1.93. The zero-order chi connectivity index (χ0) is 16.9. The lowest BCUT2D eigenvalue weighted by Crippen LogP contribution is -2.24.